The number of sulfonamides is 1. The number of anilines is 1. The van der Waals surface area contributed by atoms with Gasteiger partial charge in [-0.1, -0.05) is 13.8 Å². The first kappa shape index (κ1) is 20.4. The lowest BCUT2D eigenvalue weighted by atomic mass is 10.1. The molecule has 0 unspecified atom stereocenters. The van der Waals surface area contributed by atoms with E-state index < -0.39 is 10.0 Å². The Hall–Kier alpha value is -1.35. The fourth-order valence-electron chi connectivity index (χ4n) is 3.51. The first-order chi connectivity index (χ1) is 12.9. The average molecular weight is 398 g/mol. The molecule has 0 saturated carbocycles. The van der Waals surface area contributed by atoms with Crippen molar-refractivity contribution in [3.05, 3.63) is 18.2 Å². The van der Waals surface area contributed by atoms with Crippen LogP contribution in [0.4, 0.5) is 5.69 Å². The smallest absolute Gasteiger partial charge is 0.244 e. The maximum atomic E-state index is 12.6. The Morgan fingerprint density at radius 2 is 2.07 bits per heavy atom. The van der Waals surface area contributed by atoms with Gasteiger partial charge in [-0.2, -0.15) is 0 Å². The summed E-state index contributed by atoms with van der Waals surface area (Å²) in [5, 5.41) is 3.37. The molecular weight excluding hydrogens is 366 g/mol. The zero-order chi connectivity index (χ0) is 19.3. The molecule has 0 aliphatic carbocycles. The van der Waals surface area contributed by atoms with Gasteiger partial charge in [0.1, 0.15) is 17.3 Å². The molecule has 2 aliphatic rings. The van der Waals surface area contributed by atoms with Crippen molar-refractivity contribution >= 4 is 15.7 Å². The molecule has 0 amide bonds. The van der Waals surface area contributed by atoms with Gasteiger partial charge in [0.2, 0.25) is 10.0 Å². The molecule has 1 aromatic carbocycles. The van der Waals surface area contributed by atoms with Gasteiger partial charge in [-0.15, -0.1) is 0 Å². The van der Waals surface area contributed by atoms with Gasteiger partial charge in [-0.05, 0) is 37.4 Å². The Labute approximate surface area is 162 Å². The molecule has 2 aliphatic heterocycles. The SMILES string of the molecule is CC(C)C[C@H]1COc2cc(NCCCN3CCOCC3)ccc2S(=O)(=O)N1. The third-order valence-corrected chi connectivity index (χ3v) is 6.39. The number of nitrogens with one attached hydrogen (secondary N) is 2. The topological polar surface area (TPSA) is 79.9 Å². The number of fused-ring (bicyclic) bond motifs is 1. The van der Waals surface area contributed by atoms with Gasteiger partial charge in [0, 0.05) is 31.4 Å². The van der Waals surface area contributed by atoms with E-state index in [9.17, 15) is 8.42 Å². The molecule has 0 aromatic heterocycles. The standard InChI is InChI=1S/C19H31N3O4S/c1-15(2)12-17-14-26-18-13-16(4-5-19(18)27(23,24)21-17)20-6-3-7-22-8-10-25-11-9-22/h4-5,13,15,17,20-21H,3,6-12,14H2,1-2H3/t17-/m0/s1. The van der Waals surface area contributed by atoms with Crippen molar-refractivity contribution < 1.29 is 17.9 Å². The molecule has 1 atom stereocenters. The normalized spacial score (nSPS) is 22.7. The number of morpholine rings is 1. The van der Waals surface area contributed by atoms with Crippen molar-refractivity contribution in [2.45, 2.75) is 37.6 Å². The Morgan fingerprint density at radius 1 is 1.30 bits per heavy atom. The van der Waals surface area contributed by atoms with Crippen molar-refractivity contribution in [3.63, 3.8) is 0 Å². The van der Waals surface area contributed by atoms with E-state index in [4.69, 9.17) is 9.47 Å². The Balaban J connectivity index is 1.57. The summed E-state index contributed by atoms with van der Waals surface area (Å²) in [4.78, 5) is 2.62. The van der Waals surface area contributed by atoms with Gasteiger partial charge in [-0.3, -0.25) is 4.90 Å². The molecule has 8 heteroatoms. The van der Waals surface area contributed by atoms with Gasteiger partial charge >= 0.3 is 0 Å². The van der Waals surface area contributed by atoms with E-state index in [1.807, 2.05) is 0 Å². The van der Waals surface area contributed by atoms with Crippen LogP contribution in [-0.4, -0.2) is 65.4 Å². The zero-order valence-electron chi connectivity index (χ0n) is 16.2. The summed E-state index contributed by atoms with van der Waals surface area (Å²) in [6, 6.07) is 5.02. The quantitative estimate of drug-likeness (QED) is 0.684. The van der Waals surface area contributed by atoms with Gasteiger partial charge in [0.25, 0.3) is 0 Å². The molecule has 0 bridgehead atoms. The van der Waals surface area contributed by atoms with Crippen molar-refractivity contribution in [1.29, 1.82) is 0 Å². The van der Waals surface area contributed by atoms with Crippen LogP contribution in [-0.2, 0) is 14.8 Å². The fraction of sp³-hybridized carbons (Fsp3) is 0.684. The summed E-state index contributed by atoms with van der Waals surface area (Å²) in [7, 11) is -3.55. The number of hydrogen-bond donors (Lipinski definition) is 2. The maximum absolute atomic E-state index is 12.6. The Kier molecular flexibility index (Phi) is 6.97. The number of ether oxygens (including phenoxy) is 2. The highest BCUT2D eigenvalue weighted by molar-refractivity contribution is 7.89. The molecule has 3 rings (SSSR count). The molecule has 0 radical (unpaired) electrons. The van der Waals surface area contributed by atoms with Gasteiger partial charge < -0.3 is 14.8 Å². The molecule has 152 valence electrons. The van der Waals surface area contributed by atoms with Crippen molar-refractivity contribution in [2.24, 2.45) is 5.92 Å². The Bertz CT molecular complexity index is 718. The summed E-state index contributed by atoms with van der Waals surface area (Å²) >= 11 is 0. The Morgan fingerprint density at radius 3 is 2.81 bits per heavy atom. The summed E-state index contributed by atoms with van der Waals surface area (Å²) in [6.07, 6.45) is 1.77. The maximum Gasteiger partial charge on any atom is 0.244 e. The fourth-order valence-corrected chi connectivity index (χ4v) is 4.87. The summed E-state index contributed by atoms with van der Waals surface area (Å²) in [6.45, 7) is 9.99. The van der Waals surface area contributed by atoms with Gasteiger partial charge in [0.15, 0.2) is 0 Å². The highest BCUT2D eigenvalue weighted by Crippen LogP contribution is 2.30. The second-order valence-electron chi connectivity index (χ2n) is 7.65. The third-order valence-electron chi connectivity index (χ3n) is 4.83. The van der Waals surface area contributed by atoms with E-state index in [1.165, 1.54) is 0 Å². The van der Waals surface area contributed by atoms with E-state index in [0.717, 1.165) is 57.9 Å². The number of benzene rings is 1. The van der Waals surface area contributed by atoms with Crippen LogP contribution in [0, 0.1) is 5.92 Å². The van der Waals surface area contributed by atoms with Crippen molar-refractivity contribution in [1.82, 2.24) is 9.62 Å². The number of nitrogens with zero attached hydrogens (tertiary/aromatic N) is 1. The van der Waals surface area contributed by atoms with Crippen LogP contribution in [0.3, 0.4) is 0 Å². The van der Waals surface area contributed by atoms with Crippen LogP contribution in [0.5, 0.6) is 5.75 Å². The van der Waals surface area contributed by atoms with E-state index in [1.54, 1.807) is 18.2 Å². The lowest BCUT2D eigenvalue weighted by Gasteiger charge is -2.26. The second kappa shape index (κ2) is 9.23. The second-order valence-corrected chi connectivity index (χ2v) is 9.34. The molecule has 1 saturated heterocycles. The van der Waals surface area contributed by atoms with Crippen molar-refractivity contribution in [3.8, 4) is 5.75 Å². The molecule has 0 spiro atoms. The summed E-state index contributed by atoms with van der Waals surface area (Å²) < 4.78 is 39.2. The third kappa shape index (κ3) is 5.81. The molecule has 27 heavy (non-hydrogen) atoms. The van der Waals surface area contributed by atoms with Gasteiger partial charge in [0.05, 0.1) is 19.3 Å². The molecule has 7 nitrogen and oxygen atoms in total. The lowest BCUT2D eigenvalue weighted by molar-refractivity contribution is 0.0378. The molecule has 1 aromatic rings. The van der Waals surface area contributed by atoms with Crippen LogP contribution in [0.1, 0.15) is 26.7 Å². The minimum Gasteiger partial charge on any atom is -0.490 e. The van der Waals surface area contributed by atoms with E-state index in [0.29, 0.717) is 18.3 Å². The first-order valence-electron chi connectivity index (χ1n) is 9.77. The average Bonchev–Trinajstić information content (AvgIpc) is 2.75. The predicted octanol–water partition coefficient (Wildman–Crippen LogP) is 1.91. The monoisotopic (exact) mass is 397 g/mol. The number of rotatable bonds is 7. The van der Waals surface area contributed by atoms with Crippen LogP contribution in [0.15, 0.2) is 23.1 Å². The van der Waals surface area contributed by atoms with E-state index in [2.05, 4.69) is 28.8 Å². The lowest BCUT2D eigenvalue weighted by Crippen LogP contribution is -2.37. The minimum absolute atomic E-state index is 0.202. The summed E-state index contributed by atoms with van der Waals surface area (Å²) in [5.41, 5.74) is 0.883. The van der Waals surface area contributed by atoms with Crippen molar-refractivity contribution in [2.75, 3.05) is 51.3 Å². The van der Waals surface area contributed by atoms with Crippen LogP contribution < -0.4 is 14.8 Å². The van der Waals surface area contributed by atoms with Crippen LogP contribution in [0.25, 0.3) is 0 Å². The van der Waals surface area contributed by atoms with Gasteiger partial charge in [-0.25, -0.2) is 13.1 Å². The van der Waals surface area contributed by atoms with Crippen LogP contribution in [0.2, 0.25) is 0 Å². The van der Waals surface area contributed by atoms with E-state index >= 15 is 0 Å². The van der Waals surface area contributed by atoms with Crippen LogP contribution >= 0.6 is 0 Å². The predicted molar refractivity (Wildman–Crippen MR) is 106 cm³/mol. The highest BCUT2D eigenvalue weighted by atomic mass is 32.2. The van der Waals surface area contributed by atoms with E-state index in [-0.39, 0.29) is 10.9 Å². The minimum atomic E-state index is -3.55. The largest absolute Gasteiger partial charge is 0.490 e. The molecule has 1 fully saturated rings. The molecule has 2 heterocycles. The first-order valence-corrected chi connectivity index (χ1v) is 11.3. The zero-order valence-corrected chi connectivity index (χ0v) is 17.1. The molecular formula is C19H31N3O4S. The highest BCUT2D eigenvalue weighted by Gasteiger charge is 2.28. The summed E-state index contributed by atoms with van der Waals surface area (Å²) in [5.74, 6) is 0.818. The number of hydrogen-bond acceptors (Lipinski definition) is 6. The molecule has 2 N–H and O–H groups in total.